The zero-order chi connectivity index (χ0) is 17.2. The lowest BCUT2D eigenvalue weighted by atomic mass is 10.2. The lowest BCUT2D eigenvalue weighted by molar-refractivity contribution is 0.343. The Hall–Kier alpha value is -1.28. The van der Waals surface area contributed by atoms with Gasteiger partial charge in [-0.3, -0.25) is 0 Å². The molecule has 7 heteroatoms. The Balaban J connectivity index is 2.19. The Morgan fingerprint density at radius 1 is 1.17 bits per heavy atom. The van der Waals surface area contributed by atoms with E-state index in [0.717, 1.165) is 21.1 Å². The van der Waals surface area contributed by atoms with Gasteiger partial charge in [0.05, 0.1) is 16.7 Å². The summed E-state index contributed by atoms with van der Waals surface area (Å²) in [4.78, 5) is 5.54. The Kier molecular flexibility index (Phi) is 5.57. The minimum Gasteiger partial charge on any atom is -0.245 e. The van der Waals surface area contributed by atoms with Crippen LogP contribution in [0.1, 0.15) is 34.1 Å². The Morgan fingerprint density at radius 2 is 1.78 bits per heavy atom. The molecule has 0 aliphatic carbocycles. The normalized spacial score (nSPS) is 13.7. The number of hydrogen-bond donors (Lipinski definition) is 0. The highest BCUT2D eigenvalue weighted by Crippen LogP contribution is 2.28. The zero-order valence-electron chi connectivity index (χ0n) is 14.1. The largest absolute Gasteiger partial charge is 0.282 e. The van der Waals surface area contributed by atoms with Gasteiger partial charge in [0, 0.05) is 25.5 Å². The molecule has 0 saturated heterocycles. The molecule has 0 aliphatic rings. The Bertz CT molecular complexity index is 757. The molecule has 2 aromatic rings. The van der Waals surface area contributed by atoms with Crippen LogP contribution < -0.4 is 0 Å². The average molecular weight is 354 g/mol. The second kappa shape index (κ2) is 7.09. The van der Waals surface area contributed by atoms with Crippen molar-refractivity contribution in [2.75, 3.05) is 14.1 Å². The molecule has 0 amide bonds. The molecular formula is C16H23N3O2S2. The van der Waals surface area contributed by atoms with Gasteiger partial charge in [0.1, 0.15) is 0 Å². The first-order valence-corrected chi connectivity index (χ1v) is 9.62. The van der Waals surface area contributed by atoms with Gasteiger partial charge in [-0.2, -0.15) is 17.0 Å². The molecule has 1 aromatic carbocycles. The van der Waals surface area contributed by atoms with Crippen LogP contribution in [-0.2, 0) is 16.8 Å². The number of thiazole rings is 1. The molecule has 0 N–H and O–H groups in total. The fourth-order valence-corrected chi connectivity index (χ4v) is 4.61. The van der Waals surface area contributed by atoms with Crippen LogP contribution in [0.5, 0.6) is 0 Å². The van der Waals surface area contributed by atoms with Gasteiger partial charge < -0.3 is 0 Å². The minimum absolute atomic E-state index is 0.303. The Morgan fingerprint density at radius 3 is 2.30 bits per heavy atom. The smallest absolute Gasteiger partial charge is 0.245 e. The molecule has 1 heterocycles. The summed E-state index contributed by atoms with van der Waals surface area (Å²) in [6, 6.07) is 9.27. The monoisotopic (exact) mass is 353 g/mol. The molecule has 0 spiro atoms. The van der Waals surface area contributed by atoms with E-state index in [1.54, 1.807) is 25.4 Å². The molecule has 0 unspecified atom stereocenters. The first kappa shape index (κ1) is 18.1. The van der Waals surface area contributed by atoms with Crippen molar-refractivity contribution in [1.29, 1.82) is 0 Å². The third-order valence-corrected chi connectivity index (χ3v) is 6.75. The van der Waals surface area contributed by atoms with E-state index in [1.807, 2.05) is 51.1 Å². The summed E-state index contributed by atoms with van der Waals surface area (Å²) in [6.07, 6.45) is 0. The molecule has 23 heavy (non-hydrogen) atoms. The third-order valence-electron chi connectivity index (χ3n) is 3.89. The minimum atomic E-state index is -3.56. The van der Waals surface area contributed by atoms with Crippen molar-refractivity contribution in [2.24, 2.45) is 0 Å². The number of nitrogens with zero attached hydrogens (tertiary/aromatic N) is 3. The van der Waals surface area contributed by atoms with E-state index in [-0.39, 0.29) is 6.04 Å². The van der Waals surface area contributed by atoms with E-state index in [4.69, 9.17) is 0 Å². The number of aromatic nitrogens is 1. The van der Waals surface area contributed by atoms with Crippen molar-refractivity contribution < 1.29 is 8.42 Å². The summed E-state index contributed by atoms with van der Waals surface area (Å²) in [5, 5.41) is 0.952. The van der Waals surface area contributed by atoms with Crippen molar-refractivity contribution in [1.82, 2.24) is 13.6 Å². The van der Waals surface area contributed by atoms with E-state index >= 15 is 0 Å². The van der Waals surface area contributed by atoms with Crippen molar-refractivity contribution in [3.63, 3.8) is 0 Å². The predicted molar refractivity (Wildman–Crippen MR) is 94.6 cm³/mol. The number of hydrogen-bond acceptors (Lipinski definition) is 4. The van der Waals surface area contributed by atoms with Crippen LogP contribution in [0, 0.1) is 13.8 Å². The fraction of sp³-hybridized carbons (Fsp3) is 0.438. The molecule has 0 radical (unpaired) electrons. The van der Waals surface area contributed by atoms with Crippen LogP contribution in [0.3, 0.4) is 0 Å². The van der Waals surface area contributed by atoms with E-state index < -0.39 is 10.2 Å². The topological polar surface area (TPSA) is 53.5 Å². The van der Waals surface area contributed by atoms with Gasteiger partial charge >= 0.3 is 0 Å². The fourth-order valence-electron chi connectivity index (χ4n) is 2.45. The predicted octanol–water partition coefficient (Wildman–Crippen LogP) is 3.13. The molecule has 0 aliphatic heterocycles. The molecular weight excluding hydrogens is 330 g/mol. The highest BCUT2D eigenvalue weighted by atomic mass is 32.2. The van der Waals surface area contributed by atoms with Gasteiger partial charge in [0.15, 0.2) is 0 Å². The summed E-state index contributed by atoms with van der Waals surface area (Å²) >= 11 is 1.59. The highest BCUT2D eigenvalue weighted by molar-refractivity contribution is 7.86. The summed E-state index contributed by atoms with van der Waals surface area (Å²) in [5.41, 5.74) is 1.78. The van der Waals surface area contributed by atoms with Crippen LogP contribution in [-0.4, -0.2) is 36.1 Å². The summed E-state index contributed by atoms with van der Waals surface area (Å²) in [7, 11) is -0.352. The first-order valence-electron chi connectivity index (χ1n) is 7.40. The standard InChI is InChI=1S/C16H23N3O2S2/c1-12(16-13(2)22-14(3)17-16)19(5)23(20,21)18(4)11-15-9-7-6-8-10-15/h6-10,12H,11H2,1-5H3/t12-/m1/s1. The Labute approximate surface area is 142 Å². The van der Waals surface area contributed by atoms with E-state index in [9.17, 15) is 8.42 Å². The van der Waals surface area contributed by atoms with Crippen LogP contribution in [0.2, 0.25) is 0 Å². The van der Waals surface area contributed by atoms with Gasteiger partial charge in [-0.25, -0.2) is 4.98 Å². The lowest BCUT2D eigenvalue weighted by Gasteiger charge is -2.28. The summed E-state index contributed by atoms with van der Waals surface area (Å²) in [5.74, 6) is 0. The molecule has 0 bridgehead atoms. The molecule has 1 atom stereocenters. The molecule has 0 fully saturated rings. The zero-order valence-corrected chi connectivity index (χ0v) is 15.8. The van der Waals surface area contributed by atoms with E-state index in [1.165, 1.54) is 8.61 Å². The first-order chi connectivity index (χ1) is 10.7. The maximum atomic E-state index is 12.8. The average Bonchev–Trinajstić information content (AvgIpc) is 2.85. The molecule has 2 rings (SSSR count). The van der Waals surface area contributed by atoms with Crippen LogP contribution in [0.4, 0.5) is 0 Å². The SMILES string of the molecule is Cc1nc([C@@H](C)N(C)S(=O)(=O)N(C)Cc2ccccc2)c(C)s1. The van der Waals surface area contributed by atoms with Crippen LogP contribution >= 0.6 is 11.3 Å². The number of benzene rings is 1. The van der Waals surface area contributed by atoms with Crippen molar-refractivity contribution in [3.8, 4) is 0 Å². The second-order valence-corrected chi connectivity index (χ2v) is 9.12. The van der Waals surface area contributed by atoms with E-state index in [2.05, 4.69) is 4.98 Å². The maximum Gasteiger partial charge on any atom is 0.282 e. The lowest BCUT2D eigenvalue weighted by Crippen LogP contribution is -2.40. The van der Waals surface area contributed by atoms with Crippen LogP contribution in [0.25, 0.3) is 0 Å². The number of aryl methyl sites for hydroxylation is 2. The van der Waals surface area contributed by atoms with Gasteiger partial charge in [0.2, 0.25) is 0 Å². The van der Waals surface area contributed by atoms with Crippen molar-refractivity contribution >= 4 is 21.5 Å². The molecule has 5 nitrogen and oxygen atoms in total. The molecule has 126 valence electrons. The maximum absolute atomic E-state index is 12.8. The number of rotatable bonds is 6. The van der Waals surface area contributed by atoms with Gasteiger partial charge in [-0.1, -0.05) is 30.3 Å². The van der Waals surface area contributed by atoms with E-state index in [0.29, 0.717) is 6.54 Å². The van der Waals surface area contributed by atoms with Crippen molar-refractivity contribution in [3.05, 3.63) is 51.5 Å². The molecule has 0 saturated carbocycles. The van der Waals surface area contributed by atoms with Crippen LogP contribution in [0.15, 0.2) is 30.3 Å². The quantitative estimate of drug-likeness (QED) is 0.802. The third kappa shape index (κ3) is 3.98. The van der Waals surface area contributed by atoms with Crippen molar-refractivity contribution in [2.45, 2.75) is 33.4 Å². The highest BCUT2D eigenvalue weighted by Gasteiger charge is 2.30. The second-order valence-electron chi connectivity index (χ2n) is 5.62. The summed E-state index contributed by atoms with van der Waals surface area (Å²) < 4.78 is 28.3. The summed E-state index contributed by atoms with van der Waals surface area (Å²) in [6.45, 7) is 6.12. The van der Waals surface area contributed by atoms with Gasteiger partial charge in [-0.05, 0) is 26.3 Å². The molecule has 1 aromatic heterocycles. The van der Waals surface area contributed by atoms with Gasteiger partial charge in [0.25, 0.3) is 10.2 Å². The van der Waals surface area contributed by atoms with Gasteiger partial charge in [-0.15, -0.1) is 11.3 Å².